The van der Waals surface area contributed by atoms with Gasteiger partial charge in [0.1, 0.15) is 0 Å². The number of aryl methyl sites for hydroxylation is 1. The van der Waals surface area contributed by atoms with Gasteiger partial charge in [-0.2, -0.15) is 0 Å². The lowest BCUT2D eigenvalue weighted by Gasteiger charge is -2.12. The molecule has 1 rings (SSSR count). The zero-order chi connectivity index (χ0) is 12.9. The second kappa shape index (κ2) is 6.49. The maximum Gasteiger partial charge on any atom is 0.212 e. The molecule has 1 atom stereocenters. The lowest BCUT2D eigenvalue weighted by Crippen LogP contribution is -2.28. The Kier molecular flexibility index (Phi) is 5.58. The molecule has 0 aliphatic carbocycles. The lowest BCUT2D eigenvalue weighted by molar-refractivity contribution is 0.564. The summed E-state index contributed by atoms with van der Waals surface area (Å²) in [4.78, 5) is 2.24. The summed E-state index contributed by atoms with van der Waals surface area (Å²) in [5.74, 6) is 0.152. The maximum absolute atomic E-state index is 11.7. The van der Waals surface area contributed by atoms with Crippen LogP contribution in [0.4, 0.5) is 0 Å². The Morgan fingerprint density at radius 2 is 2.12 bits per heavy atom. The van der Waals surface area contributed by atoms with Crippen LogP contribution in [0, 0.1) is 6.92 Å². The van der Waals surface area contributed by atoms with E-state index in [1.807, 2.05) is 26.0 Å². The number of hydrogen-bond donors (Lipinski definition) is 2. The fourth-order valence-electron chi connectivity index (χ4n) is 1.51. The van der Waals surface area contributed by atoms with Gasteiger partial charge in [-0.05, 0) is 45.4 Å². The van der Waals surface area contributed by atoms with E-state index in [0.717, 1.165) is 11.3 Å². The number of unbranched alkanes of at least 4 members (excludes halogenated alkanes) is 1. The van der Waals surface area contributed by atoms with E-state index in [2.05, 4.69) is 4.72 Å². The van der Waals surface area contributed by atoms with E-state index < -0.39 is 10.0 Å². The lowest BCUT2D eigenvalue weighted by atomic mass is 10.3. The van der Waals surface area contributed by atoms with E-state index in [1.54, 1.807) is 11.3 Å². The highest BCUT2D eigenvalue weighted by Crippen LogP contribution is 2.22. The van der Waals surface area contributed by atoms with Crippen molar-refractivity contribution < 1.29 is 8.42 Å². The van der Waals surface area contributed by atoms with E-state index in [9.17, 15) is 8.42 Å². The molecule has 0 amide bonds. The summed E-state index contributed by atoms with van der Waals surface area (Å²) < 4.78 is 26.2. The van der Waals surface area contributed by atoms with Crippen molar-refractivity contribution >= 4 is 21.4 Å². The molecule has 0 bridgehead atoms. The summed E-state index contributed by atoms with van der Waals surface area (Å²) in [6, 6.07) is 3.81. The Hall–Kier alpha value is -0.430. The average molecular weight is 276 g/mol. The molecule has 0 saturated heterocycles. The zero-order valence-electron chi connectivity index (χ0n) is 10.3. The third-order valence-corrected chi connectivity index (χ3v) is 5.13. The van der Waals surface area contributed by atoms with Gasteiger partial charge in [0, 0.05) is 9.75 Å². The molecule has 98 valence electrons. The standard InChI is InChI=1S/C11H20N2O2S2/c1-9-5-6-11(16-9)10(2)13-17(14,15)8-4-3-7-12/h5-6,10,13H,3-4,7-8,12H2,1-2H3. The molecule has 0 spiro atoms. The van der Waals surface area contributed by atoms with Crippen molar-refractivity contribution in [3.05, 3.63) is 21.9 Å². The van der Waals surface area contributed by atoms with E-state index in [4.69, 9.17) is 5.73 Å². The Balaban J connectivity index is 2.52. The van der Waals surface area contributed by atoms with Gasteiger partial charge >= 0.3 is 0 Å². The van der Waals surface area contributed by atoms with Crippen molar-refractivity contribution in [1.82, 2.24) is 4.72 Å². The highest BCUT2D eigenvalue weighted by atomic mass is 32.2. The summed E-state index contributed by atoms with van der Waals surface area (Å²) in [5, 5.41) is 0. The van der Waals surface area contributed by atoms with Gasteiger partial charge in [0.05, 0.1) is 11.8 Å². The summed E-state index contributed by atoms with van der Waals surface area (Å²) >= 11 is 1.62. The first kappa shape index (κ1) is 14.6. The minimum atomic E-state index is -3.19. The second-order valence-electron chi connectivity index (χ2n) is 4.10. The smallest absolute Gasteiger partial charge is 0.212 e. The molecule has 1 heterocycles. The summed E-state index contributed by atoms with van der Waals surface area (Å²) in [6.45, 7) is 4.41. The molecule has 0 aliphatic rings. The first-order chi connectivity index (χ1) is 7.94. The largest absolute Gasteiger partial charge is 0.330 e. The van der Waals surface area contributed by atoms with Crippen LogP contribution < -0.4 is 10.5 Å². The minimum absolute atomic E-state index is 0.152. The Morgan fingerprint density at radius 3 is 2.65 bits per heavy atom. The topological polar surface area (TPSA) is 72.2 Å². The molecule has 0 aromatic carbocycles. The van der Waals surface area contributed by atoms with Crippen LogP contribution in [0.25, 0.3) is 0 Å². The fraction of sp³-hybridized carbons (Fsp3) is 0.636. The molecule has 3 N–H and O–H groups in total. The third-order valence-electron chi connectivity index (χ3n) is 2.41. The van der Waals surface area contributed by atoms with Gasteiger partial charge < -0.3 is 5.73 Å². The molecule has 6 heteroatoms. The first-order valence-corrected chi connectivity index (χ1v) is 8.18. The number of nitrogens with one attached hydrogen (secondary N) is 1. The van der Waals surface area contributed by atoms with Crippen LogP contribution in [-0.2, 0) is 10.0 Å². The van der Waals surface area contributed by atoms with Gasteiger partial charge in [-0.25, -0.2) is 13.1 Å². The van der Waals surface area contributed by atoms with Crippen LogP contribution in [0.2, 0.25) is 0 Å². The predicted molar refractivity (Wildman–Crippen MR) is 72.7 cm³/mol. The van der Waals surface area contributed by atoms with Crippen molar-refractivity contribution in [3.63, 3.8) is 0 Å². The minimum Gasteiger partial charge on any atom is -0.330 e. The summed E-state index contributed by atoms with van der Waals surface area (Å²) in [6.07, 6.45) is 1.36. The monoisotopic (exact) mass is 276 g/mol. The van der Waals surface area contributed by atoms with Gasteiger partial charge in [-0.15, -0.1) is 11.3 Å². The van der Waals surface area contributed by atoms with Crippen LogP contribution in [0.1, 0.15) is 35.6 Å². The number of thiophene rings is 1. The molecule has 1 aromatic heterocycles. The van der Waals surface area contributed by atoms with Crippen LogP contribution in [0.5, 0.6) is 0 Å². The zero-order valence-corrected chi connectivity index (χ0v) is 11.9. The second-order valence-corrected chi connectivity index (χ2v) is 7.30. The Bertz CT molecular complexity index is 440. The summed E-state index contributed by atoms with van der Waals surface area (Å²) in [5.41, 5.74) is 5.34. The first-order valence-electron chi connectivity index (χ1n) is 5.71. The van der Waals surface area contributed by atoms with Crippen LogP contribution in [0.15, 0.2) is 12.1 Å². The third kappa shape index (κ3) is 5.16. The number of nitrogens with two attached hydrogens (primary N) is 1. The number of hydrogen-bond acceptors (Lipinski definition) is 4. The molecule has 1 aromatic rings. The van der Waals surface area contributed by atoms with Gasteiger partial charge in [-0.3, -0.25) is 0 Å². The van der Waals surface area contributed by atoms with E-state index in [0.29, 0.717) is 13.0 Å². The van der Waals surface area contributed by atoms with Crippen LogP contribution >= 0.6 is 11.3 Å². The van der Waals surface area contributed by atoms with Crippen molar-refractivity contribution in [2.75, 3.05) is 12.3 Å². The van der Waals surface area contributed by atoms with Gasteiger partial charge in [-0.1, -0.05) is 0 Å². The molecule has 0 fully saturated rings. The van der Waals surface area contributed by atoms with Crippen LogP contribution in [-0.4, -0.2) is 20.7 Å². The van der Waals surface area contributed by atoms with Gasteiger partial charge in [0.2, 0.25) is 10.0 Å². The quantitative estimate of drug-likeness (QED) is 0.746. The molecule has 0 aliphatic heterocycles. The van der Waals surface area contributed by atoms with E-state index in [-0.39, 0.29) is 11.8 Å². The van der Waals surface area contributed by atoms with Gasteiger partial charge in [0.25, 0.3) is 0 Å². The van der Waals surface area contributed by atoms with Crippen molar-refractivity contribution in [2.24, 2.45) is 5.73 Å². The molecule has 0 radical (unpaired) electrons. The maximum atomic E-state index is 11.7. The predicted octanol–water partition coefficient (Wildman–Crippen LogP) is 1.78. The Labute approximate surface area is 107 Å². The molecule has 0 saturated carbocycles. The number of sulfonamides is 1. The molecule has 1 unspecified atom stereocenters. The van der Waals surface area contributed by atoms with E-state index >= 15 is 0 Å². The summed E-state index contributed by atoms with van der Waals surface area (Å²) in [7, 11) is -3.19. The van der Waals surface area contributed by atoms with Crippen molar-refractivity contribution in [2.45, 2.75) is 32.7 Å². The normalized spacial score (nSPS) is 13.8. The van der Waals surface area contributed by atoms with Crippen molar-refractivity contribution in [3.8, 4) is 0 Å². The highest BCUT2D eigenvalue weighted by Gasteiger charge is 2.16. The average Bonchev–Trinajstić information content (AvgIpc) is 2.64. The molecular formula is C11H20N2O2S2. The molecule has 17 heavy (non-hydrogen) atoms. The van der Waals surface area contributed by atoms with Crippen molar-refractivity contribution in [1.29, 1.82) is 0 Å². The SMILES string of the molecule is Cc1ccc(C(C)NS(=O)(=O)CCCCN)s1. The highest BCUT2D eigenvalue weighted by molar-refractivity contribution is 7.89. The fourth-order valence-corrected chi connectivity index (χ4v) is 3.83. The molecule has 4 nitrogen and oxygen atoms in total. The van der Waals surface area contributed by atoms with Gasteiger partial charge in [0.15, 0.2) is 0 Å². The Morgan fingerprint density at radius 1 is 1.41 bits per heavy atom. The number of rotatable bonds is 7. The van der Waals surface area contributed by atoms with E-state index in [1.165, 1.54) is 4.88 Å². The van der Waals surface area contributed by atoms with Crippen LogP contribution in [0.3, 0.4) is 0 Å². The molecular weight excluding hydrogens is 256 g/mol.